The molecule has 0 aliphatic carbocycles. The van der Waals surface area contributed by atoms with Gasteiger partial charge in [0.15, 0.2) is 0 Å². The largest absolute Gasteiger partial charge is 0.372 e. The van der Waals surface area contributed by atoms with E-state index in [4.69, 9.17) is 0 Å². The number of halogens is 2. The van der Waals surface area contributed by atoms with Crippen LogP contribution in [-0.4, -0.2) is 17.7 Å². The van der Waals surface area contributed by atoms with Crippen LogP contribution in [0.3, 0.4) is 0 Å². The first kappa shape index (κ1) is 33.1. The molecule has 0 saturated carbocycles. The minimum absolute atomic E-state index is 0.205. The first-order valence-corrected chi connectivity index (χ1v) is 15.1. The van der Waals surface area contributed by atoms with Gasteiger partial charge in [-0.2, -0.15) is 0 Å². The quantitative estimate of drug-likeness (QED) is 0.232. The van der Waals surface area contributed by atoms with Crippen LogP contribution in [0.4, 0.5) is 14.5 Å². The molecule has 1 aliphatic heterocycles. The average molecular weight is 573 g/mol. The molecule has 1 aliphatic rings. The Morgan fingerprint density at radius 2 is 0.929 bits per heavy atom. The summed E-state index contributed by atoms with van der Waals surface area (Å²) in [6.07, 6.45) is 6.84. The molecule has 0 N–H and O–H groups in total. The van der Waals surface area contributed by atoms with Crippen LogP contribution in [-0.2, 0) is 16.2 Å². The van der Waals surface area contributed by atoms with Crippen LogP contribution < -0.4 is 4.90 Å². The molecule has 1 fully saturated rings. The van der Waals surface area contributed by atoms with Crippen molar-refractivity contribution < 1.29 is 8.78 Å². The molecule has 2 heterocycles. The first-order valence-electron chi connectivity index (χ1n) is 15.1. The van der Waals surface area contributed by atoms with Crippen LogP contribution in [0.5, 0.6) is 0 Å². The fraction of sp³-hybridized carbons (Fsp3) is 0.421. The zero-order valence-corrected chi connectivity index (χ0v) is 27.1. The zero-order chi connectivity index (χ0) is 31.1. The van der Waals surface area contributed by atoms with Crippen molar-refractivity contribution in [1.82, 2.24) is 4.57 Å². The van der Waals surface area contributed by atoms with Gasteiger partial charge in [-0.15, -0.1) is 0 Å². The number of nitrogens with zero attached hydrogens (tertiary/aromatic N) is 2. The van der Waals surface area contributed by atoms with Gasteiger partial charge in [-0.25, -0.2) is 8.78 Å². The average Bonchev–Trinajstić information content (AvgIpc) is 3.63. The molecular weight excluding hydrogens is 522 g/mol. The number of anilines is 1. The van der Waals surface area contributed by atoms with Gasteiger partial charge in [-0.3, -0.25) is 0 Å². The van der Waals surface area contributed by atoms with Gasteiger partial charge in [-0.05, 0) is 94.3 Å². The van der Waals surface area contributed by atoms with E-state index in [1.165, 1.54) is 60.6 Å². The Balaban J connectivity index is 0.000000174. The molecule has 4 heteroatoms. The maximum absolute atomic E-state index is 12.7. The van der Waals surface area contributed by atoms with Crippen molar-refractivity contribution in [1.29, 1.82) is 0 Å². The summed E-state index contributed by atoms with van der Waals surface area (Å²) in [6.45, 7) is 21.7. The molecule has 1 saturated heterocycles. The smallest absolute Gasteiger partial charge is 0.126 e. The molecule has 42 heavy (non-hydrogen) atoms. The molecule has 5 rings (SSSR count). The van der Waals surface area contributed by atoms with Crippen molar-refractivity contribution in [2.45, 2.75) is 91.4 Å². The highest BCUT2D eigenvalue weighted by Crippen LogP contribution is 2.28. The molecule has 0 spiro atoms. The number of benzene rings is 3. The summed E-state index contributed by atoms with van der Waals surface area (Å²) >= 11 is 0. The van der Waals surface area contributed by atoms with Crippen LogP contribution in [0.1, 0.15) is 91.8 Å². The molecule has 0 unspecified atom stereocenters. The lowest BCUT2D eigenvalue weighted by atomic mass is 9.87. The van der Waals surface area contributed by atoms with Crippen molar-refractivity contribution in [3.63, 3.8) is 0 Å². The van der Waals surface area contributed by atoms with Gasteiger partial charge >= 0.3 is 0 Å². The van der Waals surface area contributed by atoms with Crippen LogP contribution >= 0.6 is 0 Å². The molecule has 0 amide bonds. The Bertz CT molecular complexity index is 1370. The molecule has 1 aromatic heterocycles. The van der Waals surface area contributed by atoms with Crippen molar-refractivity contribution in [2.24, 2.45) is 0 Å². The van der Waals surface area contributed by atoms with Gasteiger partial charge in [-0.1, -0.05) is 86.6 Å². The van der Waals surface area contributed by atoms with E-state index >= 15 is 0 Å². The van der Waals surface area contributed by atoms with Gasteiger partial charge in [0.2, 0.25) is 0 Å². The van der Waals surface area contributed by atoms with Crippen LogP contribution in [0, 0.1) is 11.6 Å². The van der Waals surface area contributed by atoms with E-state index in [2.05, 4.69) is 112 Å². The maximum atomic E-state index is 12.7. The van der Waals surface area contributed by atoms with Crippen molar-refractivity contribution in [3.05, 3.63) is 120 Å². The Hall–Kier alpha value is -3.40. The molecule has 4 aromatic rings. The summed E-state index contributed by atoms with van der Waals surface area (Å²) in [4.78, 5) is 2.50. The summed E-state index contributed by atoms with van der Waals surface area (Å²) in [6, 6.07) is 25.4. The Morgan fingerprint density at radius 1 is 0.500 bits per heavy atom. The molecule has 226 valence electrons. The lowest BCUT2D eigenvalue weighted by molar-refractivity contribution is 0.545. The number of aromatic nitrogens is 1. The maximum Gasteiger partial charge on any atom is 0.126 e. The summed E-state index contributed by atoms with van der Waals surface area (Å²) in [7, 11) is 0. The lowest BCUT2D eigenvalue weighted by Gasteiger charge is -2.23. The highest BCUT2D eigenvalue weighted by molar-refractivity contribution is 5.50. The van der Waals surface area contributed by atoms with Crippen molar-refractivity contribution >= 4 is 5.69 Å². The Kier molecular flexibility index (Phi) is 10.8. The van der Waals surface area contributed by atoms with E-state index in [0.717, 1.165) is 6.07 Å². The van der Waals surface area contributed by atoms with Crippen LogP contribution in [0.15, 0.2) is 91.3 Å². The van der Waals surface area contributed by atoms with E-state index in [0.29, 0.717) is 5.56 Å². The van der Waals surface area contributed by atoms with Crippen LogP contribution in [0.2, 0.25) is 0 Å². The third-order valence-corrected chi connectivity index (χ3v) is 7.53. The minimum atomic E-state index is -0.514. The molecule has 0 bridgehead atoms. The standard InChI is InChI=1S/C14H21N.C14H17N.C10H12F2/c2*1-14(2,3)12-7-6-8-13(11-12)15-9-4-5-10-15;1-10(2,3)7-4-8(11)6-9(12)5-7/h6-8,11H,4-5,9-10H2,1-3H3;4-11H,1-3H3;4-6H,1-3H3. The SMILES string of the molecule is CC(C)(C)c1cc(F)cc(F)c1.CC(C)(C)c1cccc(-n2cccc2)c1.CC(C)(C)c1cccc(N2CCCC2)c1. The lowest BCUT2D eigenvalue weighted by Crippen LogP contribution is -2.19. The Labute approximate surface area is 253 Å². The van der Waals surface area contributed by atoms with E-state index in [-0.39, 0.29) is 16.2 Å². The van der Waals surface area contributed by atoms with Crippen molar-refractivity contribution in [2.75, 3.05) is 18.0 Å². The van der Waals surface area contributed by atoms with Gasteiger partial charge in [0, 0.05) is 42.9 Å². The molecule has 0 radical (unpaired) electrons. The minimum Gasteiger partial charge on any atom is -0.372 e. The summed E-state index contributed by atoms with van der Waals surface area (Å²) in [5.74, 6) is -1.03. The topological polar surface area (TPSA) is 8.17 Å². The van der Waals surface area contributed by atoms with E-state index in [1.807, 2.05) is 32.9 Å². The number of hydrogen-bond donors (Lipinski definition) is 0. The van der Waals surface area contributed by atoms with Crippen LogP contribution in [0.25, 0.3) is 5.69 Å². The highest BCUT2D eigenvalue weighted by atomic mass is 19.1. The van der Waals surface area contributed by atoms with Gasteiger partial charge in [0.05, 0.1) is 0 Å². The first-order chi connectivity index (χ1) is 19.5. The fourth-order valence-corrected chi connectivity index (χ4v) is 4.77. The molecule has 0 atom stereocenters. The summed E-state index contributed by atoms with van der Waals surface area (Å²) in [5, 5.41) is 0. The van der Waals surface area contributed by atoms with Gasteiger partial charge < -0.3 is 9.47 Å². The number of hydrogen-bond acceptors (Lipinski definition) is 1. The normalized spacial score (nSPS) is 13.6. The molecule has 3 aromatic carbocycles. The fourth-order valence-electron chi connectivity index (χ4n) is 4.77. The third-order valence-electron chi connectivity index (χ3n) is 7.53. The van der Waals surface area contributed by atoms with E-state index in [9.17, 15) is 8.78 Å². The predicted octanol–water partition coefficient (Wildman–Crippen LogP) is 10.6. The predicted molar refractivity (Wildman–Crippen MR) is 176 cm³/mol. The Morgan fingerprint density at radius 3 is 1.38 bits per heavy atom. The van der Waals surface area contributed by atoms with Gasteiger partial charge in [0.1, 0.15) is 11.6 Å². The van der Waals surface area contributed by atoms with Gasteiger partial charge in [0.25, 0.3) is 0 Å². The summed E-state index contributed by atoms with van der Waals surface area (Å²) < 4.78 is 27.6. The summed E-state index contributed by atoms with van der Waals surface area (Å²) in [5.41, 5.74) is 6.38. The number of rotatable bonds is 2. The van der Waals surface area contributed by atoms with E-state index < -0.39 is 11.6 Å². The van der Waals surface area contributed by atoms with E-state index in [1.54, 1.807) is 0 Å². The zero-order valence-electron chi connectivity index (χ0n) is 27.1. The highest BCUT2D eigenvalue weighted by Gasteiger charge is 2.18. The third kappa shape index (κ3) is 9.86. The molecule has 2 nitrogen and oxygen atoms in total. The molecular formula is C38H50F2N2. The second-order valence-corrected chi connectivity index (χ2v) is 14.3. The van der Waals surface area contributed by atoms with Crippen molar-refractivity contribution in [3.8, 4) is 5.69 Å². The second kappa shape index (κ2) is 13.7. The second-order valence-electron chi connectivity index (χ2n) is 14.3. The monoisotopic (exact) mass is 572 g/mol.